The first-order chi connectivity index (χ1) is 10.5. The lowest BCUT2D eigenvalue weighted by Crippen LogP contribution is -2.65. The fourth-order valence-corrected chi connectivity index (χ4v) is 6.25. The number of hydrogen-bond acceptors (Lipinski definition) is 3. The summed E-state index contributed by atoms with van der Waals surface area (Å²) in [5, 5.41) is 32.3. The quantitative estimate of drug-likeness (QED) is 0.651. The van der Waals surface area contributed by atoms with Gasteiger partial charge in [-0.05, 0) is 42.9 Å². The van der Waals surface area contributed by atoms with Gasteiger partial charge in [0.1, 0.15) is 0 Å². The van der Waals surface area contributed by atoms with Crippen LogP contribution in [0.1, 0.15) is 53.4 Å². The molecule has 0 aliphatic heterocycles. The average Bonchev–Trinajstić information content (AvgIpc) is 2.43. The van der Waals surface area contributed by atoms with Gasteiger partial charge in [-0.3, -0.25) is 0 Å². The van der Waals surface area contributed by atoms with Gasteiger partial charge in [-0.15, -0.1) is 6.58 Å². The van der Waals surface area contributed by atoms with Crippen molar-refractivity contribution in [3.63, 3.8) is 0 Å². The predicted octanol–water partition coefficient (Wildman–Crippen LogP) is 3.05. The summed E-state index contributed by atoms with van der Waals surface area (Å²) in [6.45, 7) is 12.5. The van der Waals surface area contributed by atoms with E-state index in [1.165, 1.54) is 5.57 Å². The SMILES string of the molecule is C=C[C@]1(C)C=C2C[C@@H](O)[C@H]3C(C)(C)C[C@H](O)[C@H](O)[C@]3(C)[C@H]2CC1. The Morgan fingerprint density at radius 3 is 2.39 bits per heavy atom. The second kappa shape index (κ2) is 5.18. The van der Waals surface area contributed by atoms with E-state index in [0.717, 1.165) is 12.8 Å². The fraction of sp³-hybridized carbons (Fsp3) is 0.800. The van der Waals surface area contributed by atoms with Crippen LogP contribution in [0.25, 0.3) is 0 Å². The molecule has 0 saturated heterocycles. The zero-order chi connectivity index (χ0) is 17.2. The van der Waals surface area contributed by atoms with Crippen molar-refractivity contribution in [1.29, 1.82) is 0 Å². The smallest absolute Gasteiger partial charge is 0.0862 e. The Bertz CT molecular complexity index is 537. The fourth-order valence-electron chi connectivity index (χ4n) is 6.25. The Morgan fingerprint density at radius 1 is 1.13 bits per heavy atom. The van der Waals surface area contributed by atoms with Gasteiger partial charge in [-0.25, -0.2) is 0 Å². The second-order valence-electron chi connectivity index (χ2n) is 9.34. The largest absolute Gasteiger partial charge is 0.392 e. The summed E-state index contributed by atoms with van der Waals surface area (Å²) in [5.41, 5.74) is 0.557. The van der Waals surface area contributed by atoms with E-state index in [1.807, 2.05) is 6.08 Å². The maximum Gasteiger partial charge on any atom is 0.0862 e. The monoisotopic (exact) mass is 320 g/mol. The summed E-state index contributed by atoms with van der Waals surface area (Å²) in [6.07, 6.45) is 5.50. The van der Waals surface area contributed by atoms with Gasteiger partial charge >= 0.3 is 0 Å². The maximum atomic E-state index is 10.9. The molecule has 3 N–H and O–H groups in total. The molecular weight excluding hydrogens is 288 g/mol. The lowest BCUT2D eigenvalue weighted by atomic mass is 9.43. The Morgan fingerprint density at radius 2 is 1.78 bits per heavy atom. The summed E-state index contributed by atoms with van der Waals surface area (Å²) in [6, 6.07) is 0. The summed E-state index contributed by atoms with van der Waals surface area (Å²) < 4.78 is 0. The molecule has 3 heteroatoms. The molecule has 0 aromatic rings. The topological polar surface area (TPSA) is 60.7 Å². The minimum Gasteiger partial charge on any atom is -0.392 e. The predicted molar refractivity (Wildman–Crippen MR) is 91.7 cm³/mol. The highest BCUT2D eigenvalue weighted by molar-refractivity contribution is 5.29. The molecule has 0 radical (unpaired) electrons. The van der Waals surface area contributed by atoms with Crippen molar-refractivity contribution in [3.05, 3.63) is 24.3 Å². The van der Waals surface area contributed by atoms with E-state index >= 15 is 0 Å². The van der Waals surface area contributed by atoms with Crippen LogP contribution in [0.2, 0.25) is 0 Å². The highest BCUT2D eigenvalue weighted by Crippen LogP contribution is 2.63. The molecule has 0 amide bonds. The van der Waals surface area contributed by atoms with Gasteiger partial charge in [-0.1, -0.05) is 45.4 Å². The van der Waals surface area contributed by atoms with E-state index < -0.39 is 23.7 Å². The molecule has 0 aromatic heterocycles. The Hall–Kier alpha value is -0.640. The number of aliphatic hydroxyl groups is 3. The summed E-state index contributed by atoms with van der Waals surface area (Å²) in [5.74, 6) is 0.233. The van der Waals surface area contributed by atoms with Crippen LogP contribution in [0.4, 0.5) is 0 Å². The second-order valence-corrected chi connectivity index (χ2v) is 9.34. The Labute approximate surface area is 140 Å². The van der Waals surface area contributed by atoms with E-state index in [0.29, 0.717) is 12.8 Å². The van der Waals surface area contributed by atoms with Crippen molar-refractivity contribution in [3.8, 4) is 0 Å². The molecule has 2 saturated carbocycles. The molecule has 0 bridgehead atoms. The van der Waals surface area contributed by atoms with Crippen LogP contribution in [0.5, 0.6) is 0 Å². The number of aliphatic hydroxyl groups excluding tert-OH is 3. The van der Waals surface area contributed by atoms with Crippen LogP contribution in [-0.2, 0) is 0 Å². The van der Waals surface area contributed by atoms with Crippen molar-refractivity contribution in [2.24, 2.45) is 28.1 Å². The van der Waals surface area contributed by atoms with Crippen molar-refractivity contribution in [2.75, 3.05) is 0 Å². The minimum atomic E-state index is -0.781. The first kappa shape index (κ1) is 17.2. The molecule has 0 unspecified atom stereocenters. The molecule has 3 aliphatic rings. The zero-order valence-electron chi connectivity index (χ0n) is 14.9. The molecule has 3 rings (SSSR count). The average molecular weight is 320 g/mol. The van der Waals surface area contributed by atoms with E-state index in [1.54, 1.807) is 0 Å². The lowest BCUT2D eigenvalue weighted by Gasteiger charge is -2.63. The van der Waals surface area contributed by atoms with Crippen LogP contribution >= 0.6 is 0 Å². The molecular formula is C20H32O3. The zero-order valence-corrected chi connectivity index (χ0v) is 14.9. The van der Waals surface area contributed by atoms with Crippen molar-refractivity contribution >= 4 is 0 Å². The van der Waals surface area contributed by atoms with Crippen LogP contribution in [0.15, 0.2) is 24.3 Å². The molecule has 3 aliphatic carbocycles. The van der Waals surface area contributed by atoms with Crippen LogP contribution in [0.3, 0.4) is 0 Å². The van der Waals surface area contributed by atoms with E-state index in [-0.39, 0.29) is 22.7 Å². The number of allylic oxidation sites excluding steroid dienone is 2. The van der Waals surface area contributed by atoms with Crippen LogP contribution in [0, 0.1) is 28.1 Å². The molecule has 23 heavy (non-hydrogen) atoms. The Balaban J connectivity index is 2.10. The normalized spacial score (nSPS) is 52.1. The summed E-state index contributed by atoms with van der Waals surface area (Å²) in [7, 11) is 0. The molecule has 0 aromatic carbocycles. The third kappa shape index (κ3) is 2.35. The summed E-state index contributed by atoms with van der Waals surface area (Å²) >= 11 is 0. The Kier molecular flexibility index (Phi) is 3.87. The van der Waals surface area contributed by atoms with Crippen molar-refractivity contribution in [2.45, 2.75) is 71.7 Å². The molecule has 0 heterocycles. The van der Waals surface area contributed by atoms with Crippen LogP contribution in [-0.4, -0.2) is 33.6 Å². The highest BCUT2D eigenvalue weighted by atomic mass is 16.3. The van der Waals surface area contributed by atoms with Gasteiger partial charge in [0.05, 0.1) is 18.3 Å². The van der Waals surface area contributed by atoms with Gasteiger partial charge in [0.25, 0.3) is 0 Å². The third-order valence-electron chi connectivity index (χ3n) is 7.23. The number of fused-ring (bicyclic) bond motifs is 3. The van der Waals surface area contributed by atoms with Crippen molar-refractivity contribution in [1.82, 2.24) is 0 Å². The molecule has 130 valence electrons. The first-order valence-corrected chi connectivity index (χ1v) is 8.94. The molecule has 7 atom stereocenters. The van der Waals surface area contributed by atoms with Crippen LogP contribution < -0.4 is 0 Å². The van der Waals surface area contributed by atoms with Gasteiger partial charge in [-0.2, -0.15) is 0 Å². The van der Waals surface area contributed by atoms with E-state index in [2.05, 4.69) is 40.3 Å². The molecule has 0 spiro atoms. The van der Waals surface area contributed by atoms with E-state index in [4.69, 9.17) is 0 Å². The lowest BCUT2D eigenvalue weighted by molar-refractivity contribution is -0.219. The molecule has 2 fully saturated rings. The number of hydrogen-bond donors (Lipinski definition) is 3. The van der Waals surface area contributed by atoms with Gasteiger partial charge < -0.3 is 15.3 Å². The maximum absolute atomic E-state index is 10.9. The van der Waals surface area contributed by atoms with Gasteiger partial charge in [0, 0.05) is 10.8 Å². The van der Waals surface area contributed by atoms with E-state index in [9.17, 15) is 15.3 Å². The number of rotatable bonds is 1. The van der Waals surface area contributed by atoms with Gasteiger partial charge in [0.15, 0.2) is 0 Å². The first-order valence-electron chi connectivity index (χ1n) is 8.94. The standard InChI is InChI=1S/C20H32O3/c1-6-19(4)8-7-13-12(10-19)9-14(21)16-18(2,3)11-15(22)17(23)20(13,16)5/h6,10,13-17,21-23H,1,7-9,11H2,2-5H3/t13-,14+,15-,16-,17-,19-,20+/m0/s1. The molecule has 3 nitrogen and oxygen atoms in total. The minimum absolute atomic E-state index is 0.00337. The van der Waals surface area contributed by atoms with Crippen molar-refractivity contribution < 1.29 is 15.3 Å². The highest BCUT2D eigenvalue weighted by Gasteiger charge is 2.63. The van der Waals surface area contributed by atoms with Gasteiger partial charge in [0.2, 0.25) is 0 Å². The summed E-state index contributed by atoms with van der Waals surface area (Å²) in [4.78, 5) is 0. The third-order valence-corrected chi connectivity index (χ3v) is 7.23.